The van der Waals surface area contributed by atoms with E-state index in [1.807, 2.05) is 0 Å². The van der Waals surface area contributed by atoms with Gasteiger partial charge in [-0.15, -0.1) is 11.3 Å². The number of benzene rings is 1. The molecule has 18 heavy (non-hydrogen) atoms. The molecule has 0 saturated carbocycles. The highest BCUT2D eigenvalue weighted by Gasteiger charge is 2.03. The molecule has 2 nitrogen and oxygen atoms in total. The van der Waals surface area contributed by atoms with Gasteiger partial charge in [0.25, 0.3) is 0 Å². The van der Waals surface area contributed by atoms with Crippen LogP contribution in [0.25, 0.3) is 0 Å². The van der Waals surface area contributed by atoms with Crippen molar-refractivity contribution in [2.75, 3.05) is 19.4 Å². The van der Waals surface area contributed by atoms with E-state index in [9.17, 15) is 0 Å². The van der Waals surface area contributed by atoms with Crippen LogP contribution < -0.4 is 5.32 Å². The molecule has 0 fully saturated rings. The monoisotopic (exact) mass is 324 g/mol. The Hall–Kier alpha value is -0.840. The van der Waals surface area contributed by atoms with E-state index in [1.54, 1.807) is 11.3 Å². The van der Waals surface area contributed by atoms with Gasteiger partial charge >= 0.3 is 0 Å². The van der Waals surface area contributed by atoms with Gasteiger partial charge < -0.3 is 10.2 Å². The van der Waals surface area contributed by atoms with Crippen LogP contribution in [0, 0.1) is 0 Å². The molecule has 0 saturated heterocycles. The minimum absolute atomic E-state index is 0.876. The fourth-order valence-corrected chi connectivity index (χ4v) is 3.22. The summed E-state index contributed by atoms with van der Waals surface area (Å²) in [7, 11) is 4.18. The zero-order chi connectivity index (χ0) is 13.0. The van der Waals surface area contributed by atoms with Crippen molar-refractivity contribution < 1.29 is 0 Å². The average Bonchev–Trinajstić information content (AvgIpc) is 2.73. The number of rotatable bonds is 5. The van der Waals surface area contributed by atoms with E-state index in [-0.39, 0.29) is 0 Å². The highest BCUT2D eigenvalue weighted by atomic mass is 79.9. The molecule has 0 aliphatic rings. The lowest BCUT2D eigenvalue weighted by Crippen LogP contribution is -2.12. The van der Waals surface area contributed by atoms with Crippen molar-refractivity contribution in [3.05, 3.63) is 50.6 Å². The lowest BCUT2D eigenvalue weighted by molar-refractivity contribution is 0.403. The molecule has 2 rings (SSSR count). The summed E-state index contributed by atoms with van der Waals surface area (Å²) in [5.74, 6) is 0. The normalized spacial score (nSPS) is 10.9. The standard InChI is InChI=1S/C14H17BrN2S/c1-17(2)10-11-5-3-4-6-13(11)16-9-12-7-8-14(15)18-12/h3-8,16H,9-10H2,1-2H3. The van der Waals surface area contributed by atoms with Crippen LogP contribution in [0.5, 0.6) is 0 Å². The fraction of sp³-hybridized carbons (Fsp3) is 0.286. The van der Waals surface area contributed by atoms with E-state index in [2.05, 4.69) is 76.6 Å². The molecule has 1 aromatic carbocycles. The second-order valence-corrected chi connectivity index (χ2v) is 7.00. The third kappa shape index (κ3) is 3.83. The molecule has 0 amide bonds. The van der Waals surface area contributed by atoms with Crippen molar-refractivity contribution in [3.63, 3.8) is 0 Å². The maximum atomic E-state index is 3.51. The van der Waals surface area contributed by atoms with E-state index >= 15 is 0 Å². The lowest BCUT2D eigenvalue weighted by Gasteiger charge is -2.15. The van der Waals surface area contributed by atoms with E-state index in [1.165, 1.54) is 19.9 Å². The van der Waals surface area contributed by atoms with Gasteiger partial charge in [0.1, 0.15) is 0 Å². The van der Waals surface area contributed by atoms with Crippen molar-refractivity contribution in [1.29, 1.82) is 0 Å². The average molecular weight is 325 g/mol. The van der Waals surface area contributed by atoms with Crippen LogP contribution in [0.3, 0.4) is 0 Å². The number of nitrogens with zero attached hydrogens (tertiary/aromatic N) is 1. The number of para-hydroxylation sites is 1. The number of nitrogens with one attached hydrogen (secondary N) is 1. The molecule has 2 aromatic rings. The molecule has 1 heterocycles. The third-order valence-electron chi connectivity index (χ3n) is 2.59. The van der Waals surface area contributed by atoms with E-state index in [0.29, 0.717) is 0 Å². The largest absolute Gasteiger partial charge is 0.380 e. The minimum atomic E-state index is 0.876. The fourth-order valence-electron chi connectivity index (χ4n) is 1.80. The predicted octanol–water partition coefficient (Wildman–Crippen LogP) is 4.18. The van der Waals surface area contributed by atoms with Gasteiger partial charge in [0, 0.05) is 23.7 Å². The van der Waals surface area contributed by atoms with Crippen LogP contribution in [0.1, 0.15) is 10.4 Å². The number of thiophene rings is 1. The Bertz CT molecular complexity index is 508. The zero-order valence-corrected chi connectivity index (χ0v) is 13.0. The van der Waals surface area contributed by atoms with Crippen LogP contribution in [-0.2, 0) is 13.1 Å². The molecule has 0 spiro atoms. The minimum Gasteiger partial charge on any atom is -0.380 e. The molecular formula is C14H17BrN2S. The Morgan fingerprint density at radius 3 is 2.61 bits per heavy atom. The van der Waals surface area contributed by atoms with Gasteiger partial charge in [-0.3, -0.25) is 0 Å². The predicted molar refractivity (Wildman–Crippen MR) is 83.2 cm³/mol. The number of hydrogen-bond acceptors (Lipinski definition) is 3. The Morgan fingerprint density at radius 1 is 1.17 bits per heavy atom. The number of hydrogen-bond donors (Lipinski definition) is 1. The van der Waals surface area contributed by atoms with Crippen LogP contribution in [-0.4, -0.2) is 19.0 Å². The summed E-state index contributed by atoms with van der Waals surface area (Å²) in [6.45, 7) is 1.83. The maximum absolute atomic E-state index is 3.51. The van der Waals surface area contributed by atoms with Gasteiger partial charge in [0.15, 0.2) is 0 Å². The maximum Gasteiger partial charge on any atom is 0.0702 e. The van der Waals surface area contributed by atoms with Crippen molar-refractivity contribution in [2.24, 2.45) is 0 Å². The Kier molecular flexibility index (Phi) is 4.80. The van der Waals surface area contributed by atoms with Gasteiger partial charge in [-0.2, -0.15) is 0 Å². The first-order valence-corrected chi connectivity index (χ1v) is 7.47. The first kappa shape index (κ1) is 13.6. The van der Waals surface area contributed by atoms with E-state index < -0.39 is 0 Å². The van der Waals surface area contributed by atoms with Crippen molar-refractivity contribution in [2.45, 2.75) is 13.1 Å². The lowest BCUT2D eigenvalue weighted by atomic mass is 10.1. The number of halogens is 1. The first-order valence-electron chi connectivity index (χ1n) is 5.86. The summed E-state index contributed by atoms with van der Waals surface area (Å²) >= 11 is 5.26. The van der Waals surface area contributed by atoms with Gasteiger partial charge in [-0.1, -0.05) is 18.2 Å². The van der Waals surface area contributed by atoms with Gasteiger partial charge in [-0.25, -0.2) is 0 Å². The summed E-state index contributed by atoms with van der Waals surface area (Å²) in [4.78, 5) is 3.52. The SMILES string of the molecule is CN(C)Cc1ccccc1NCc1ccc(Br)s1. The van der Waals surface area contributed by atoms with E-state index in [0.717, 1.165) is 13.1 Å². The van der Waals surface area contributed by atoms with Gasteiger partial charge in [0.2, 0.25) is 0 Å². The molecule has 1 N–H and O–H groups in total. The Balaban J connectivity index is 2.04. The third-order valence-corrected chi connectivity index (χ3v) is 4.21. The zero-order valence-electron chi connectivity index (χ0n) is 10.6. The summed E-state index contributed by atoms with van der Waals surface area (Å²) in [5, 5.41) is 3.51. The summed E-state index contributed by atoms with van der Waals surface area (Å²) in [6, 6.07) is 12.7. The molecule has 4 heteroatoms. The molecule has 0 aliphatic carbocycles. The molecule has 0 unspecified atom stereocenters. The smallest absolute Gasteiger partial charge is 0.0702 e. The van der Waals surface area contributed by atoms with Crippen LogP contribution in [0.2, 0.25) is 0 Å². The molecule has 1 aromatic heterocycles. The van der Waals surface area contributed by atoms with Crippen molar-refractivity contribution in [3.8, 4) is 0 Å². The quantitative estimate of drug-likeness (QED) is 0.887. The Labute approximate surface area is 121 Å². The number of anilines is 1. The molecule has 0 bridgehead atoms. The summed E-state index contributed by atoms with van der Waals surface area (Å²) < 4.78 is 1.18. The van der Waals surface area contributed by atoms with Crippen LogP contribution >= 0.6 is 27.3 Å². The molecule has 0 radical (unpaired) electrons. The molecule has 96 valence electrons. The van der Waals surface area contributed by atoms with Gasteiger partial charge in [-0.05, 0) is 53.8 Å². The van der Waals surface area contributed by atoms with Crippen molar-refractivity contribution in [1.82, 2.24) is 4.90 Å². The summed E-state index contributed by atoms with van der Waals surface area (Å²) in [6.07, 6.45) is 0. The van der Waals surface area contributed by atoms with Crippen molar-refractivity contribution >= 4 is 33.0 Å². The second-order valence-electron chi connectivity index (χ2n) is 4.45. The first-order chi connectivity index (χ1) is 8.65. The Morgan fingerprint density at radius 2 is 1.94 bits per heavy atom. The van der Waals surface area contributed by atoms with Crippen LogP contribution in [0.4, 0.5) is 5.69 Å². The van der Waals surface area contributed by atoms with Crippen LogP contribution in [0.15, 0.2) is 40.2 Å². The van der Waals surface area contributed by atoms with E-state index in [4.69, 9.17) is 0 Å². The second kappa shape index (κ2) is 6.36. The topological polar surface area (TPSA) is 15.3 Å². The molecule has 0 aliphatic heterocycles. The highest BCUT2D eigenvalue weighted by molar-refractivity contribution is 9.11. The molecular weight excluding hydrogens is 308 g/mol. The van der Waals surface area contributed by atoms with Gasteiger partial charge in [0.05, 0.1) is 3.79 Å². The molecule has 0 atom stereocenters. The summed E-state index contributed by atoms with van der Waals surface area (Å²) in [5.41, 5.74) is 2.55. The highest BCUT2D eigenvalue weighted by Crippen LogP contribution is 2.24.